The van der Waals surface area contributed by atoms with Gasteiger partial charge in [-0.2, -0.15) is 0 Å². The Balaban J connectivity index is 1.77. The number of ether oxygens (including phenoxy) is 1. The topological polar surface area (TPSA) is 37.4 Å². The first kappa shape index (κ1) is 15.3. The first-order valence-corrected chi connectivity index (χ1v) is 8.98. The molecule has 1 aromatic rings. The molecule has 0 spiro atoms. The van der Waals surface area contributed by atoms with Crippen LogP contribution in [0.1, 0.15) is 57.0 Å². The molecule has 0 aromatic carbocycles. The summed E-state index contributed by atoms with van der Waals surface area (Å²) >= 11 is 1.88. The molecule has 5 heteroatoms. The Morgan fingerprint density at radius 2 is 1.95 bits per heavy atom. The van der Waals surface area contributed by atoms with Crippen molar-refractivity contribution in [3.05, 3.63) is 10.6 Å². The van der Waals surface area contributed by atoms with E-state index >= 15 is 0 Å². The molecule has 1 saturated carbocycles. The molecular formula is C16H27N3OS. The monoisotopic (exact) mass is 309 g/mol. The minimum absolute atomic E-state index is 0.291. The van der Waals surface area contributed by atoms with Crippen molar-refractivity contribution in [1.29, 1.82) is 0 Å². The fourth-order valence-corrected chi connectivity index (χ4v) is 4.03. The van der Waals surface area contributed by atoms with Crippen molar-refractivity contribution in [3.63, 3.8) is 0 Å². The molecular weight excluding hydrogens is 282 g/mol. The van der Waals surface area contributed by atoms with Crippen LogP contribution in [-0.4, -0.2) is 36.3 Å². The zero-order valence-electron chi connectivity index (χ0n) is 13.6. The summed E-state index contributed by atoms with van der Waals surface area (Å²) in [6.07, 6.45) is 3.21. The molecule has 21 heavy (non-hydrogen) atoms. The van der Waals surface area contributed by atoms with Crippen LogP contribution in [0.4, 0.5) is 5.13 Å². The molecule has 0 radical (unpaired) electrons. The average Bonchev–Trinajstić information content (AvgIpc) is 3.15. The number of nitrogens with zero attached hydrogens (tertiary/aromatic N) is 2. The summed E-state index contributed by atoms with van der Waals surface area (Å²) in [5.74, 6) is 0.717. The number of morpholine rings is 1. The third kappa shape index (κ3) is 3.76. The van der Waals surface area contributed by atoms with E-state index in [1.165, 1.54) is 28.5 Å². The lowest BCUT2D eigenvalue weighted by molar-refractivity contribution is -0.00523. The van der Waals surface area contributed by atoms with Gasteiger partial charge in [0.25, 0.3) is 0 Å². The van der Waals surface area contributed by atoms with Gasteiger partial charge in [-0.15, -0.1) is 11.3 Å². The van der Waals surface area contributed by atoms with E-state index in [-0.39, 0.29) is 0 Å². The number of rotatable bonds is 5. The van der Waals surface area contributed by atoms with E-state index in [0.717, 1.165) is 25.6 Å². The molecule has 0 amide bonds. The summed E-state index contributed by atoms with van der Waals surface area (Å²) in [5, 5.41) is 4.74. The highest BCUT2D eigenvalue weighted by molar-refractivity contribution is 7.15. The number of hydrogen-bond donors (Lipinski definition) is 1. The fourth-order valence-electron chi connectivity index (χ4n) is 2.92. The zero-order valence-corrected chi connectivity index (χ0v) is 14.4. The van der Waals surface area contributed by atoms with E-state index in [0.29, 0.717) is 18.2 Å². The third-order valence-corrected chi connectivity index (χ3v) is 5.17. The van der Waals surface area contributed by atoms with E-state index in [9.17, 15) is 0 Å². The second kappa shape index (κ2) is 6.23. The Bertz CT molecular complexity index is 474. The van der Waals surface area contributed by atoms with E-state index in [4.69, 9.17) is 9.72 Å². The van der Waals surface area contributed by atoms with Crippen molar-refractivity contribution in [2.24, 2.45) is 0 Å². The van der Waals surface area contributed by atoms with Gasteiger partial charge in [-0.1, -0.05) is 13.8 Å². The molecule has 0 bridgehead atoms. The second-order valence-corrected chi connectivity index (χ2v) is 7.84. The molecule has 1 aliphatic heterocycles. The van der Waals surface area contributed by atoms with Gasteiger partial charge in [0.1, 0.15) is 0 Å². The van der Waals surface area contributed by atoms with Crippen LogP contribution in [-0.2, 0) is 11.3 Å². The first-order valence-electron chi connectivity index (χ1n) is 8.16. The van der Waals surface area contributed by atoms with Crippen LogP contribution in [0.3, 0.4) is 0 Å². The number of anilines is 1. The predicted molar refractivity (Wildman–Crippen MR) is 88.3 cm³/mol. The Labute approximate surface area is 131 Å². The molecule has 0 unspecified atom stereocenters. The highest BCUT2D eigenvalue weighted by Gasteiger charge is 2.32. The smallest absolute Gasteiger partial charge is 0.186 e. The van der Waals surface area contributed by atoms with Gasteiger partial charge in [-0.25, -0.2) is 4.98 Å². The van der Waals surface area contributed by atoms with Crippen LogP contribution < -0.4 is 10.2 Å². The summed E-state index contributed by atoms with van der Waals surface area (Å²) in [5.41, 5.74) is 1.36. The standard InChI is InChI=1S/C16H27N3OS/c1-10(2)17-7-14-15(13-5-6-13)18-16(21-14)19-8-11(3)20-12(4)9-19/h10-13,17H,5-9H2,1-4H3/t11-,12+. The van der Waals surface area contributed by atoms with E-state index < -0.39 is 0 Å². The fraction of sp³-hybridized carbons (Fsp3) is 0.812. The van der Waals surface area contributed by atoms with Crippen molar-refractivity contribution in [1.82, 2.24) is 10.3 Å². The Kier molecular flexibility index (Phi) is 4.52. The van der Waals surface area contributed by atoms with Gasteiger partial charge in [0, 0.05) is 36.5 Å². The van der Waals surface area contributed by atoms with Crippen LogP contribution in [0.25, 0.3) is 0 Å². The maximum Gasteiger partial charge on any atom is 0.186 e. The molecule has 1 saturated heterocycles. The lowest BCUT2D eigenvalue weighted by Gasteiger charge is -2.35. The third-order valence-electron chi connectivity index (χ3n) is 4.04. The van der Waals surface area contributed by atoms with Crippen molar-refractivity contribution < 1.29 is 4.74 Å². The highest BCUT2D eigenvalue weighted by Crippen LogP contribution is 2.44. The molecule has 3 rings (SSSR count). The minimum atomic E-state index is 0.291. The van der Waals surface area contributed by atoms with Crippen molar-refractivity contribution >= 4 is 16.5 Å². The average molecular weight is 309 g/mol. The van der Waals surface area contributed by atoms with E-state index in [1.807, 2.05) is 11.3 Å². The molecule has 1 aliphatic carbocycles. The summed E-state index contributed by atoms with van der Waals surface area (Å²) in [6, 6.07) is 0.519. The molecule has 2 heterocycles. The van der Waals surface area contributed by atoms with Gasteiger partial charge in [0.05, 0.1) is 17.9 Å². The number of thiazole rings is 1. The molecule has 1 N–H and O–H groups in total. The molecule has 4 nitrogen and oxygen atoms in total. The molecule has 2 aliphatic rings. The van der Waals surface area contributed by atoms with Gasteiger partial charge >= 0.3 is 0 Å². The minimum Gasteiger partial charge on any atom is -0.372 e. The van der Waals surface area contributed by atoms with Crippen molar-refractivity contribution in [2.75, 3.05) is 18.0 Å². The first-order chi connectivity index (χ1) is 10.0. The largest absolute Gasteiger partial charge is 0.372 e. The predicted octanol–water partition coefficient (Wildman–Crippen LogP) is 3.13. The molecule has 118 valence electrons. The quantitative estimate of drug-likeness (QED) is 0.907. The molecule has 2 atom stereocenters. The van der Waals surface area contributed by atoms with Crippen LogP contribution in [0.15, 0.2) is 0 Å². The summed E-state index contributed by atoms with van der Waals surface area (Å²) in [4.78, 5) is 8.84. The van der Waals surface area contributed by atoms with E-state index in [2.05, 4.69) is 37.9 Å². The maximum absolute atomic E-state index is 5.84. The van der Waals surface area contributed by atoms with Gasteiger partial charge in [-0.05, 0) is 26.7 Å². The zero-order chi connectivity index (χ0) is 15.0. The van der Waals surface area contributed by atoms with E-state index in [1.54, 1.807) is 0 Å². The highest BCUT2D eigenvalue weighted by atomic mass is 32.1. The van der Waals surface area contributed by atoms with Crippen LogP contribution >= 0.6 is 11.3 Å². The van der Waals surface area contributed by atoms with Crippen LogP contribution in [0, 0.1) is 0 Å². The summed E-state index contributed by atoms with van der Waals surface area (Å²) in [7, 11) is 0. The van der Waals surface area contributed by atoms with Crippen molar-refractivity contribution in [2.45, 2.75) is 71.2 Å². The molecule has 2 fully saturated rings. The Morgan fingerprint density at radius 1 is 1.29 bits per heavy atom. The summed E-state index contributed by atoms with van der Waals surface area (Å²) < 4.78 is 5.84. The maximum atomic E-state index is 5.84. The number of aromatic nitrogens is 1. The normalized spacial score (nSPS) is 26.6. The second-order valence-electron chi connectivity index (χ2n) is 6.78. The van der Waals surface area contributed by atoms with Gasteiger partial charge in [0.15, 0.2) is 5.13 Å². The molecule has 1 aromatic heterocycles. The Hall–Kier alpha value is -0.650. The lowest BCUT2D eigenvalue weighted by Crippen LogP contribution is -2.45. The number of hydrogen-bond acceptors (Lipinski definition) is 5. The van der Waals surface area contributed by atoms with Gasteiger partial charge in [-0.3, -0.25) is 0 Å². The SMILES string of the molecule is CC(C)NCc1sc(N2C[C@@H](C)O[C@@H](C)C2)nc1C1CC1. The van der Waals surface area contributed by atoms with Crippen LogP contribution in [0.2, 0.25) is 0 Å². The van der Waals surface area contributed by atoms with Gasteiger partial charge < -0.3 is 15.0 Å². The lowest BCUT2D eigenvalue weighted by atomic mass is 10.2. The van der Waals surface area contributed by atoms with Crippen molar-refractivity contribution in [3.8, 4) is 0 Å². The van der Waals surface area contributed by atoms with Gasteiger partial charge in [0.2, 0.25) is 0 Å². The summed E-state index contributed by atoms with van der Waals surface area (Å²) in [6.45, 7) is 11.6. The van der Waals surface area contributed by atoms with Crippen LogP contribution in [0.5, 0.6) is 0 Å². The number of nitrogens with one attached hydrogen (secondary N) is 1. The Morgan fingerprint density at radius 3 is 2.52 bits per heavy atom.